The second-order valence-corrected chi connectivity index (χ2v) is 5.73. The fourth-order valence-electron chi connectivity index (χ4n) is 1.80. The number of carboxylic acid groups (broad SMARTS) is 1. The molecule has 0 saturated heterocycles. The van der Waals surface area contributed by atoms with E-state index in [-0.39, 0.29) is 18.1 Å². The van der Waals surface area contributed by atoms with E-state index >= 15 is 0 Å². The summed E-state index contributed by atoms with van der Waals surface area (Å²) in [6, 6.07) is -3.56. The van der Waals surface area contributed by atoms with Gasteiger partial charge >= 0.3 is 5.97 Å². The maximum atomic E-state index is 12.1. The van der Waals surface area contributed by atoms with Gasteiger partial charge in [-0.1, -0.05) is 0 Å². The Morgan fingerprint density at radius 3 is 2.08 bits per heavy atom. The normalized spacial score (nSPS) is 13.8. The number of rotatable bonds is 12. The van der Waals surface area contributed by atoms with Crippen LogP contribution >= 0.6 is 12.6 Å². The molecule has 0 aliphatic rings. The highest BCUT2D eigenvalue weighted by molar-refractivity contribution is 7.80. The number of hydrogen-bond acceptors (Lipinski definition) is 7. The van der Waals surface area contributed by atoms with Crippen LogP contribution in [0, 0.1) is 0 Å². The molecule has 0 rings (SSSR count). The van der Waals surface area contributed by atoms with Gasteiger partial charge in [0.2, 0.25) is 17.7 Å². The molecule has 26 heavy (non-hydrogen) atoms. The molecule has 0 radical (unpaired) electrons. The van der Waals surface area contributed by atoms with Gasteiger partial charge in [0.25, 0.3) is 0 Å². The molecule has 0 aromatic heterocycles. The molecule has 0 heterocycles. The number of aliphatic carboxylic acids is 1. The highest BCUT2D eigenvalue weighted by Gasteiger charge is 2.28. The summed E-state index contributed by atoms with van der Waals surface area (Å²) in [4.78, 5) is 49.7. The Balaban J connectivity index is 4.63. The summed E-state index contributed by atoms with van der Waals surface area (Å²) in [5.41, 5.74) is 21.0. The smallest absolute Gasteiger partial charge is 0.326 e. The van der Waals surface area contributed by atoms with Gasteiger partial charge in [-0.3, -0.25) is 19.4 Å². The van der Waals surface area contributed by atoms with E-state index in [2.05, 4.69) is 28.3 Å². The van der Waals surface area contributed by atoms with Gasteiger partial charge in [0.1, 0.15) is 12.1 Å². The van der Waals surface area contributed by atoms with E-state index in [0.29, 0.717) is 13.0 Å². The first kappa shape index (κ1) is 23.5. The van der Waals surface area contributed by atoms with Crippen LogP contribution in [0.1, 0.15) is 19.3 Å². The minimum atomic E-state index is -1.51. The lowest BCUT2D eigenvalue weighted by Gasteiger charge is -2.21. The monoisotopic (exact) mass is 391 g/mol. The summed E-state index contributed by atoms with van der Waals surface area (Å²) in [7, 11) is 0. The first-order chi connectivity index (χ1) is 12.1. The van der Waals surface area contributed by atoms with E-state index in [1.165, 1.54) is 0 Å². The Labute approximate surface area is 155 Å². The van der Waals surface area contributed by atoms with Crippen LogP contribution in [0.3, 0.4) is 0 Å². The summed E-state index contributed by atoms with van der Waals surface area (Å²) >= 11 is 3.95. The van der Waals surface area contributed by atoms with Gasteiger partial charge in [-0.2, -0.15) is 12.6 Å². The van der Waals surface area contributed by atoms with Gasteiger partial charge < -0.3 is 38.7 Å². The quantitative estimate of drug-likeness (QED) is 0.0710. The molecule has 3 amide bonds. The molecule has 148 valence electrons. The third kappa shape index (κ3) is 9.68. The summed E-state index contributed by atoms with van der Waals surface area (Å²) < 4.78 is 0. The molecule has 0 fully saturated rings. The number of nitrogens with two attached hydrogens (primary N) is 4. The number of primary amides is 1. The van der Waals surface area contributed by atoms with Gasteiger partial charge in [0.05, 0.1) is 12.5 Å². The number of carbonyl (C=O) groups excluding carboxylic acids is 3. The van der Waals surface area contributed by atoms with Gasteiger partial charge in [-0.05, 0) is 12.8 Å². The van der Waals surface area contributed by atoms with Crippen LogP contribution in [0.4, 0.5) is 0 Å². The molecule has 11 N–H and O–H groups in total. The van der Waals surface area contributed by atoms with E-state index in [0.717, 1.165) is 0 Å². The van der Waals surface area contributed by atoms with Crippen molar-refractivity contribution in [2.45, 2.75) is 37.4 Å². The number of hydrogen-bond donors (Lipinski definition) is 8. The highest BCUT2D eigenvalue weighted by atomic mass is 32.1. The third-order valence-electron chi connectivity index (χ3n) is 3.14. The van der Waals surface area contributed by atoms with Crippen LogP contribution in [-0.2, 0) is 19.2 Å². The average Bonchev–Trinajstić information content (AvgIpc) is 2.54. The van der Waals surface area contributed by atoms with Crippen LogP contribution in [0.5, 0.6) is 0 Å². The molecule has 0 aromatic carbocycles. The van der Waals surface area contributed by atoms with Crippen LogP contribution < -0.4 is 33.6 Å². The molecular formula is C13H25N7O5S. The van der Waals surface area contributed by atoms with Crippen molar-refractivity contribution in [3.63, 3.8) is 0 Å². The number of amides is 3. The number of carboxylic acids is 1. The number of guanidine groups is 1. The Kier molecular flexibility index (Phi) is 10.8. The van der Waals surface area contributed by atoms with Crippen molar-refractivity contribution in [2.75, 3.05) is 12.3 Å². The summed E-state index contributed by atoms with van der Waals surface area (Å²) in [6.45, 7) is 0.299. The zero-order valence-electron chi connectivity index (χ0n) is 14.1. The maximum Gasteiger partial charge on any atom is 0.326 e. The van der Waals surface area contributed by atoms with Crippen molar-refractivity contribution >= 4 is 42.3 Å². The SMILES string of the molecule is NC(=O)CC(NC(=O)C(CS)NC(=O)C(N)CCCN=C(N)N)C(=O)O. The number of aliphatic imine (C=N–C) groups is 1. The first-order valence-corrected chi connectivity index (χ1v) is 8.25. The van der Waals surface area contributed by atoms with Crippen molar-refractivity contribution in [3.8, 4) is 0 Å². The molecule has 0 aromatic rings. The summed E-state index contributed by atoms with van der Waals surface area (Å²) in [6.07, 6.45) is 0.130. The van der Waals surface area contributed by atoms with E-state index in [9.17, 15) is 19.2 Å². The summed E-state index contributed by atoms with van der Waals surface area (Å²) in [5.74, 6) is -3.95. The van der Waals surface area contributed by atoms with Crippen molar-refractivity contribution < 1.29 is 24.3 Å². The molecule has 13 heteroatoms. The predicted octanol–water partition coefficient (Wildman–Crippen LogP) is -3.77. The van der Waals surface area contributed by atoms with Crippen molar-refractivity contribution in [1.29, 1.82) is 0 Å². The molecular weight excluding hydrogens is 366 g/mol. The van der Waals surface area contributed by atoms with Crippen LogP contribution in [-0.4, -0.2) is 65.2 Å². The van der Waals surface area contributed by atoms with Gasteiger partial charge in [-0.15, -0.1) is 0 Å². The molecule has 3 unspecified atom stereocenters. The molecule has 0 bridgehead atoms. The van der Waals surface area contributed by atoms with Crippen LogP contribution in [0.15, 0.2) is 4.99 Å². The van der Waals surface area contributed by atoms with Gasteiger partial charge in [-0.25, -0.2) is 4.79 Å². The lowest BCUT2D eigenvalue weighted by atomic mass is 10.1. The number of nitrogens with one attached hydrogen (secondary N) is 2. The highest BCUT2D eigenvalue weighted by Crippen LogP contribution is 1.99. The van der Waals surface area contributed by atoms with E-state index in [4.69, 9.17) is 28.0 Å². The Morgan fingerprint density at radius 2 is 1.62 bits per heavy atom. The number of carbonyl (C=O) groups is 4. The Morgan fingerprint density at radius 1 is 1.04 bits per heavy atom. The van der Waals surface area contributed by atoms with E-state index < -0.39 is 48.2 Å². The maximum absolute atomic E-state index is 12.1. The van der Waals surface area contributed by atoms with Gasteiger partial charge in [0, 0.05) is 12.3 Å². The average molecular weight is 391 g/mol. The number of nitrogens with zero attached hydrogens (tertiary/aromatic N) is 1. The van der Waals surface area contributed by atoms with E-state index in [1.807, 2.05) is 0 Å². The van der Waals surface area contributed by atoms with Crippen molar-refractivity contribution in [1.82, 2.24) is 10.6 Å². The summed E-state index contributed by atoms with van der Waals surface area (Å²) in [5, 5.41) is 13.5. The topological polar surface area (TPSA) is 229 Å². The molecule has 0 spiro atoms. The standard InChI is InChI=1S/C13H25N7O5S/c14-6(2-1-3-18-13(16)17)10(22)20-8(5-26)11(23)19-7(12(24)25)4-9(15)21/h6-8,26H,1-5,14H2,(H2,15,21)(H,19,23)(H,20,22)(H,24,25)(H4,16,17,18). The zero-order valence-corrected chi connectivity index (χ0v) is 14.9. The molecule has 12 nitrogen and oxygen atoms in total. The molecule has 3 atom stereocenters. The second kappa shape index (κ2) is 11.9. The second-order valence-electron chi connectivity index (χ2n) is 5.37. The van der Waals surface area contributed by atoms with Crippen LogP contribution in [0.25, 0.3) is 0 Å². The van der Waals surface area contributed by atoms with Crippen molar-refractivity contribution in [2.24, 2.45) is 27.9 Å². The Bertz CT molecular complexity index is 553. The molecule has 0 saturated carbocycles. The fraction of sp³-hybridized carbons (Fsp3) is 0.615. The lowest BCUT2D eigenvalue weighted by Crippen LogP contribution is -2.55. The minimum Gasteiger partial charge on any atom is -0.480 e. The van der Waals surface area contributed by atoms with E-state index in [1.54, 1.807) is 0 Å². The minimum absolute atomic E-state index is 0.0706. The fourth-order valence-corrected chi connectivity index (χ4v) is 2.05. The molecule has 0 aliphatic carbocycles. The first-order valence-electron chi connectivity index (χ1n) is 7.62. The molecule has 0 aliphatic heterocycles. The Hall–Kier alpha value is -2.54. The predicted molar refractivity (Wildman–Crippen MR) is 97.0 cm³/mol. The van der Waals surface area contributed by atoms with Crippen LogP contribution in [0.2, 0.25) is 0 Å². The van der Waals surface area contributed by atoms with Gasteiger partial charge in [0.15, 0.2) is 5.96 Å². The van der Waals surface area contributed by atoms with Crippen molar-refractivity contribution in [3.05, 3.63) is 0 Å². The largest absolute Gasteiger partial charge is 0.480 e. The zero-order chi connectivity index (χ0) is 20.3. The number of thiol groups is 1. The third-order valence-corrected chi connectivity index (χ3v) is 3.50. The lowest BCUT2D eigenvalue weighted by molar-refractivity contribution is -0.143.